The molecule has 1 aromatic carbocycles. The Bertz CT molecular complexity index is 708. The number of halogens is 2. The van der Waals surface area contributed by atoms with Crippen LogP contribution in [0.3, 0.4) is 0 Å². The average Bonchev–Trinajstić information content (AvgIpc) is 2.71. The van der Waals surface area contributed by atoms with Crippen molar-refractivity contribution < 1.29 is 13.2 Å². The van der Waals surface area contributed by atoms with E-state index in [1.54, 1.807) is 32.0 Å². The van der Waals surface area contributed by atoms with Gasteiger partial charge in [0.15, 0.2) is 0 Å². The number of anilines is 1. The highest BCUT2D eigenvalue weighted by Crippen LogP contribution is 2.21. The maximum absolute atomic E-state index is 12.9. The highest BCUT2D eigenvalue weighted by atomic mass is 35.5. The van der Waals surface area contributed by atoms with Gasteiger partial charge in [0.05, 0.1) is 10.4 Å². The Labute approximate surface area is 168 Å². The van der Waals surface area contributed by atoms with E-state index in [1.807, 2.05) is 7.05 Å². The van der Waals surface area contributed by atoms with Crippen molar-refractivity contribution in [3.63, 3.8) is 0 Å². The molecule has 0 radical (unpaired) electrons. The standard InChI is InChI=1S/C16H26N4O3S.2ClH/c1-16(2,17)15(21)18-13-6-4-7-14(12-13)24(22,23)20-9-5-8-19(3)10-11-20;;/h4,6-7,12H,5,8-11,17H2,1-3H3,(H,18,21);2*1H. The zero-order valence-corrected chi connectivity index (χ0v) is 17.7. The van der Waals surface area contributed by atoms with Crippen molar-refractivity contribution in [1.29, 1.82) is 0 Å². The van der Waals surface area contributed by atoms with Gasteiger partial charge in [-0.3, -0.25) is 4.79 Å². The quantitative estimate of drug-likeness (QED) is 0.760. The van der Waals surface area contributed by atoms with Gasteiger partial charge in [0, 0.05) is 25.3 Å². The summed E-state index contributed by atoms with van der Waals surface area (Å²) in [6.07, 6.45) is 0.799. The van der Waals surface area contributed by atoms with Crippen molar-refractivity contribution >= 4 is 46.4 Å². The van der Waals surface area contributed by atoms with E-state index in [-0.39, 0.29) is 35.6 Å². The topological polar surface area (TPSA) is 95.7 Å². The van der Waals surface area contributed by atoms with E-state index in [9.17, 15) is 13.2 Å². The van der Waals surface area contributed by atoms with Crippen LogP contribution < -0.4 is 11.1 Å². The molecule has 1 aromatic rings. The van der Waals surface area contributed by atoms with Crippen LogP contribution in [0.2, 0.25) is 0 Å². The molecule has 1 fully saturated rings. The molecule has 10 heteroatoms. The summed E-state index contributed by atoms with van der Waals surface area (Å²) >= 11 is 0. The Morgan fingerprint density at radius 2 is 1.81 bits per heavy atom. The van der Waals surface area contributed by atoms with Crippen LogP contribution in [0, 0.1) is 0 Å². The lowest BCUT2D eigenvalue weighted by molar-refractivity contribution is -0.120. The number of nitrogens with two attached hydrogens (primary N) is 1. The van der Waals surface area contributed by atoms with Gasteiger partial charge in [0.2, 0.25) is 15.9 Å². The second kappa shape index (κ2) is 9.87. The molecule has 1 saturated heterocycles. The van der Waals surface area contributed by atoms with Gasteiger partial charge < -0.3 is 16.0 Å². The predicted octanol–water partition coefficient (Wildman–Crippen LogP) is 1.53. The highest BCUT2D eigenvalue weighted by molar-refractivity contribution is 7.89. The van der Waals surface area contributed by atoms with Gasteiger partial charge in [0.25, 0.3) is 0 Å². The Kier molecular flexibility index (Phi) is 9.53. The number of sulfonamides is 1. The summed E-state index contributed by atoms with van der Waals surface area (Å²) in [5, 5.41) is 2.66. The summed E-state index contributed by atoms with van der Waals surface area (Å²) in [4.78, 5) is 14.3. The van der Waals surface area contributed by atoms with Crippen LogP contribution in [0.15, 0.2) is 29.2 Å². The van der Waals surface area contributed by atoms with Crippen molar-refractivity contribution in [2.75, 3.05) is 38.5 Å². The number of benzene rings is 1. The van der Waals surface area contributed by atoms with Crippen molar-refractivity contribution in [2.24, 2.45) is 5.73 Å². The first kappa shape index (κ1) is 25.1. The Hall–Kier alpha value is -0.900. The van der Waals surface area contributed by atoms with E-state index in [0.29, 0.717) is 25.3 Å². The Morgan fingerprint density at radius 3 is 2.42 bits per heavy atom. The van der Waals surface area contributed by atoms with Gasteiger partial charge in [-0.1, -0.05) is 6.07 Å². The molecule has 0 unspecified atom stereocenters. The van der Waals surface area contributed by atoms with Crippen LogP contribution in [0.4, 0.5) is 5.69 Å². The van der Waals surface area contributed by atoms with Crippen LogP contribution in [0.25, 0.3) is 0 Å². The van der Waals surface area contributed by atoms with E-state index in [0.717, 1.165) is 13.0 Å². The molecule has 150 valence electrons. The maximum Gasteiger partial charge on any atom is 0.243 e. The molecule has 0 bridgehead atoms. The van der Waals surface area contributed by atoms with E-state index < -0.39 is 15.6 Å². The minimum atomic E-state index is -3.58. The lowest BCUT2D eigenvalue weighted by Gasteiger charge is -2.21. The lowest BCUT2D eigenvalue weighted by Crippen LogP contribution is -2.45. The fraction of sp³-hybridized carbons (Fsp3) is 0.562. The SMILES string of the molecule is CN1CCCN(S(=O)(=O)c2cccc(NC(=O)C(C)(C)N)c2)CC1.Cl.Cl. The fourth-order valence-electron chi connectivity index (χ4n) is 2.44. The summed E-state index contributed by atoms with van der Waals surface area (Å²) in [6.45, 7) is 5.74. The number of hydrogen-bond donors (Lipinski definition) is 2. The number of carbonyl (C=O) groups excluding carboxylic acids is 1. The van der Waals surface area contributed by atoms with Gasteiger partial charge in [-0.15, -0.1) is 24.8 Å². The molecular weight excluding hydrogens is 399 g/mol. The summed E-state index contributed by atoms with van der Waals surface area (Å²) < 4.78 is 27.2. The normalized spacial score (nSPS) is 16.8. The van der Waals surface area contributed by atoms with Gasteiger partial charge >= 0.3 is 0 Å². The highest BCUT2D eigenvalue weighted by Gasteiger charge is 2.27. The summed E-state index contributed by atoms with van der Waals surface area (Å²) in [5.41, 5.74) is 5.14. The molecule has 7 nitrogen and oxygen atoms in total. The fourth-order valence-corrected chi connectivity index (χ4v) is 3.95. The molecule has 2 rings (SSSR count). The monoisotopic (exact) mass is 426 g/mol. The molecule has 1 aliphatic heterocycles. The van der Waals surface area contributed by atoms with Crippen LogP contribution >= 0.6 is 24.8 Å². The Morgan fingerprint density at radius 1 is 1.15 bits per heavy atom. The number of hydrogen-bond acceptors (Lipinski definition) is 5. The molecule has 0 aromatic heterocycles. The minimum Gasteiger partial charge on any atom is -0.324 e. The molecular formula is C16H28Cl2N4O3S. The maximum atomic E-state index is 12.9. The number of amides is 1. The van der Waals surface area contributed by atoms with Crippen LogP contribution in [-0.2, 0) is 14.8 Å². The molecule has 26 heavy (non-hydrogen) atoms. The molecule has 0 spiro atoms. The summed E-state index contributed by atoms with van der Waals surface area (Å²) in [6, 6.07) is 6.30. The molecule has 3 N–H and O–H groups in total. The molecule has 1 aliphatic rings. The van der Waals surface area contributed by atoms with Crippen molar-refractivity contribution in [2.45, 2.75) is 30.7 Å². The first-order valence-electron chi connectivity index (χ1n) is 8.00. The smallest absolute Gasteiger partial charge is 0.243 e. The predicted molar refractivity (Wildman–Crippen MR) is 109 cm³/mol. The number of rotatable bonds is 4. The Balaban J connectivity index is 0.00000312. The first-order valence-corrected chi connectivity index (χ1v) is 9.44. The van der Waals surface area contributed by atoms with Crippen molar-refractivity contribution in [3.05, 3.63) is 24.3 Å². The average molecular weight is 427 g/mol. The zero-order chi connectivity index (χ0) is 18.0. The number of nitrogens with zero attached hydrogens (tertiary/aromatic N) is 2. The third-order valence-corrected chi connectivity index (χ3v) is 5.89. The number of likely N-dealkylation sites (N-methyl/N-ethyl adjacent to an activating group) is 1. The number of carbonyl (C=O) groups is 1. The third-order valence-electron chi connectivity index (χ3n) is 3.99. The van der Waals surface area contributed by atoms with Crippen LogP contribution in [-0.4, -0.2) is 62.3 Å². The summed E-state index contributed by atoms with van der Waals surface area (Å²) in [5.74, 6) is -0.367. The third kappa shape index (κ3) is 6.37. The number of nitrogens with one attached hydrogen (secondary N) is 1. The van der Waals surface area contributed by atoms with Gasteiger partial charge in [0.1, 0.15) is 0 Å². The lowest BCUT2D eigenvalue weighted by atomic mass is 10.1. The second-order valence-corrected chi connectivity index (χ2v) is 8.70. The van der Waals surface area contributed by atoms with E-state index in [4.69, 9.17) is 5.73 Å². The second-order valence-electron chi connectivity index (χ2n) is 6.76. The van der Waals surface area contributed by atoms with E-state index in [2.05, 4.69) is 10.2 Å². The first-order chi connectivity index (χ1) is 11.1. The van der Waals surface area contributed by atoms with E-state index in [1.165, 1.54) is 10.4 Å². The van der Waals surface area contributed by atoms with Gasteiger partial charge in [-0.05, 0) is 52.1 Å². The van der Waals surface area contributed by atoms with Crippen molar-refractivity contribution in [3.8, 4) is 0 Å². The van der Waals surface area contributed by atoms with Crippen LogP contribution in [0.5, 0.6) is 0 Å². The molecule has 0 aliphatic carbocycles. The minimum absolute atomic E-state index is 0. The van der Waals surface area contributed by atoms with Crippen molar-refractivity contribution in [1.82, 2.24) is 9.21 Å². The zero-order valence-electron chi connectivity index (χ0n) is 15.3. The van der Waals surface area contributed by atoms with Gasteiger partial charge in [-0.2, -0.15) is 4.31 Å². The van der Waals surface area contributed by atoms with Gasteiger partial charge in [-0.25, -0.2) is 8.42 Å². The largest absolute Gasteiger partial charge is 0.324 e. The van der Waals surface area contributed by atoms with Crippen LogP contribution in [0.1, 0.15) is 20.3 Å². The van der Waals surface area contributed by atoms with E-state index >= 15 is 0 Å². The molecule has 0 saturated carbocycles. The molecule has 1 heterocycles. The molecule has 1 amide bonds. The summed E-state index contributed by atoms with van der Waals surface area (Å²) in [7, 11) is -1.59. The molecule has 0 atom stereocenters.